The molecule has 2 N–H and O–H groups in total. The SMILES string of the molecule is CC(C)Oc1ccc(C(=O)NNC(=O)c2cc(F)c3c(c2Cl)C(C)(C)OC(=O)N2[C@H](CCO3)COC2(C)C)cc1C#N. The van der Waals surface area contributed by atoms with Gasteiger partial charge in [-0.15, -0.1) is 0 Å². The van der Waals surface area contributed by atoms with E-state index in [1.807, 2.05) is 6.07 Å². The van der Waals surface area contributed by atoms with E-state index in [0.29, 0.717) is 12.2 Å². The number of carbonyl (C=O) groups excluding carboxylic acids is 3. The van der Waals surface area contributed by atoms with Crippen LogP contribution in [-0.2, 0) is 15.1 Å². The molecule has 0 spiro atoms. The van der Waals surface area contributed by atoms with Gasteiger partial charge in [0, 0.05) is 12.0 Å². The summed E-state index contributed by atoms with van der Waals surface area (Å²) in [5.41, 5.74) is 1.77. The van der Waals surface area contributed by atoms with Crippen LogP contribution < -0.4 is 20.3 Å². The van der Waals surface area contributed by atoms with E-state index in [0.717, 1.165) is 6.07 Å². The first-order valence-corrected chi connectivity index (χ1v) is 13.7. The van der Waals surface area contributed by atoms with E-state index in [-0.39, 0.29) is 58.4 Å². The molecular weight excluding hydrogens is 571 g/mol. The Labute approximate surface area is 247 Å². The molecule has 13 heteroatoms. The first-order valence-electron chi connectivity index (χ1n) is 13.3. The molecule has 2 aromatic carbocycles. The van der Waals surface area contributed by atoms with Gasteiger partial charge in [0.15, 0.2) is 11.6 Å². The summed E-state index contributed by atoms with van der Waals surface area (Å²) in [5, 5.41) is 9.20. The molecule has 2 aromatic rings. The van der Waals surface area contributed by atoms with Crippen LogP contribution in [0.5, 0.6) is 11.5 Å². The van der Waals surface area contributed by atoms with Crippen LogP contribution in [0.3, 0.4) is 0 Å². The number of ether oxygens (including phenoxy) is 4. The lowest BCUT2D eigenvalue weighted by atomic mass is 9.93. The highest BCUT2D eigenvalue weighted by atomic mass is 35.5. The van der Waals surface area contributed by atoms with E-state index in [4.69, 9.17) is 30.5 Å². The maximum Gasteiger partial charge on any atom is 0.413 e. The monoisotopic (exact) mass is 602 g/mol. The number of halogens is 2. The Kier molecular flexibility index (Phi) is 8.57. The minimum Gasteiger partial charge on any atom is -0.490 e. The molecule has 42 heavy (non-hydrogen) atoms. The smallest absolute Gasteiger partial charge is 0.413 e. The molecule has 0 aliphatic carbocycles. The standard InChI is InChI=1S/C29H32ClFN4O7/c1-15(2)41-21-8-7-16(11-17(21)13-32)25(36)33-34-26(37)19-12-20(31)24-22(23(19)30)28(3,4)42-27(38)35-18(9-10-39-24)14-40-29(35,5)6/h7-8,11-12,15,18H,9-10,14H2,1-6H3,(H,33,36)(H,34,37)/t18-/m1/s1. The fraction of sp³-hybridized carbons (Fsp3) is 0.448. The van der Waals surface area contributed by atoms with E-state index >= 15 is 4.39 Å². The zero-order valence-electron chi connectivity index (χ0n) is 24.1. The average molecular weight is 603 g/mol. The van der Waals surface area contributed by atoms with Gasteiger partial charge in [-0.05, 0) is 65.8 Å². The van der Waals surface area contributed by atoms with Crippen molar-refractivity contribution in [3.63, 3.8) is 0 Å². The third kappa shape index (κ3) is 6.07. The largest absolute Gasteiger partial charge is 0.490 e. The number of rotatable bonds is 4. The van der Waals surface area contributed by atoms with Gasteiger partial charge in [-0.1, -0.05) is 11.6 Å². The van der Waals surface area contributed by atoms with Crippen LogP contribution in [0.15, 0.2) is 24.3 Å². The van der Waals surface area contributed by atoms with Gasteiger partial charge >= 0.3 is 6.09 Å². The van der Waals surface area contributed by atoms with Gasteiger partial charge in [0.25, 0.3) is 11.8 Å². The van der Waals surface area contributed by atoms with Crippen molar-refractivity contribution in [2.75, 3.05) is 13.2 Å². The molecule has 0 saturated carbocycles. The summed E-state index contributed by atoms with van der Waals surface area (Å²) in [4.78, 5) is 40.6. The Morgan fingerprint density at radius 3 is 2.55 bits per heavy atom. The van der Waals surface area contributed by atoms with Gasteiger partial charge in [-0.25, -0.2) is 9.18 Å². The van der Waals surface area contributed by atoms with Crippen LogP contribution in [0.4, 0.5) is 9.18 Å². The second-order valence-corrected chi connectivity index (χ2v) is 11.5. The van der Waals surface area contributed by atoms with Crippen molar-refractivity contribution in [3.8, 4) is 17.6 Å². The maximum absolute atomic E-state index is 15.5. The number of carbonyl (C=O) groups is 3. The maximum atomic E-state index is 15.5. The number of amides is 3. The fourth-order valence-electron chi connectivity index (χ4n) is 4.90. The highest BCUT2D eigenvalue weighted by molar-refractivity contribution is 6.35. The van der Waals surface area contributed by atoms with Gasteiger partial charge in [-0.2, -0.15) is 5.26 Å². The van der Waals surface area contributed by atoms with Crippen molar-refractivity contribution in [1.29, 1.82) is 5.26 Å². The Morgan fingerprint density at radius 2 is 1.88 bits per heavy atom. The zero-order chi connectivity index (χ0) is 31.0. The summed E-state index contributed by atoms with van der Waals surface area (Å²) in [6, 6.07) is 6.71. The third-order valence-electron chi connectivity index (χ3n) is 6.84. The van der Waals surface area contributed by atoms with Crippen LogP contribution in [0.2, 0.25) is 5.02 Å². The van der Waals surface area contributed by atoms with Crippen molar-refractivity contribution < 1.29 is 37.7 Å². The second-order valence-electron chi connectivity index (χ2n) is 11.1. The topological polar surface area (TPSA) is 139 Å². The number of hydrogen-bond acceptors (Lipinski definition) is 8. The highest BCUT2D eigenvalue weighted by Gasteiger charge is 2.47. The predicted molar refractivity (Wildman–Crippen MR) is 149 cm³/mol. The fourth-order valence-corrected chi connectivity index (χ4v) is 5.36. The van der Waals surface area contributed by atoms with E-state index < -0.39 is 35.1 Å². The van der Waals surface area contributed by atoms with Gasteiger partial charge in [0.2, 0.25) is 0 Å². The van der Waals surface area contributed by atoms with Crippen LogP contribution >= 0.6 is 11.6 Å². The first-order chi connectivity index (χ1) is 19.7. The van der Waals surface area contributed by atoms with Gasteiger partial charge < -0.3 is 18.9 Å². The Hall–Kier alpha value is -4.08. The van der Waals surface area contributed by atoms with Gasteiger partial charge in [0.05, 0.1) is 47.1 Å². The third-order valence-corrected chi connectivity index (χ3v) is 7.24. The lowest BCUT2D eigenvalue weighted by Gasteiger charge is -2.38. The molecule has 3 amide bonds. The van der Waals surface area contributed by atoms with Crippen LogP contribution in [0.25, 0.3) is 0 Å². The quantitative estimate of drug-likeness (QED) is 0.476. The molecule has 224 valence electrons. The molecule has 0 bridgehead atoms. The molecule has 2 aliphatic rings. The van der Waals surface area contributed by atoms with Gasteiger partial charge in [-0.3, -0.25) is 25.3 Å². The number of nitrogens with one attached hydrogen (secondary N) is 2. The lowest BCUT2D eigenvalue weighted by Crippen LogP contribution is -2.50. The Bertz CT molecular complexity index is 1470. The molecule has 1 fully saturated rings. The number of cyclic esters (lactones) is 1. The zero-order valence-corrected chi connectivity index (χ0v) is 24.8. The first kappa shape index (κ1) is 30.9. The number of fused-ring (bicyclic) bond motifs is 2. The van der Waals surface area contributed by atoms with Crippen LogP contribution in [0, 0.1) is 17.1 Å². The normalized spacial score (nSPS) is 19.0. The number of hydrogen-bond donors (Lipinski definition) is 2. The molecular formula is C29H32ClFN4O7. The van der Waals surface area contributed by atoms with Gasteiger partial charge in [0.1, 0.15) is 23.1 Å². The number of hydrazine groups is 1. The van der Waals surface area contributed by atoms with E-state index in [1.54, 1.807) is 27.7 Å². The van der Waals surface area contributed by atoms with E-state index in [1.165, 1.54) is 36.9 Å². The summed E-state index contributed by atoms with van der Waals surface area (Å²) in [7, 11) is 0. The molecule has 1 atom stereocenters. The molecule has 4 rings (SSSR count). The summed E-state index contributed by atoms with van der Waals surface area (Å²) in [5.74, 6) is -2.53. The highest BCUT2D eigenvalue weighted by Crippen LogP contribution is 2.44. The predicted octanol–water partition coefficient (Wildman–Crippen LogP) is 4.80. The summed E-state index contributed by atoms with van der Waals surface area (Å²) in [6.45, 7) is 10.4. The van der Waals surface area contributed by atoms with Crippen molar-refractivity contribution in [2.45, 2.75) is 71.4 Å². The van der Waals surface area contributed by atoms with Crippen LogP contribution in [0.1, 0.15) is 79.8 Å². The average Bonchev–Trinajstić information content (AvgIpc) is 3.21. The molecule has 0 unspecified atom stereocenters. The van der Waals surface area contributed by atoms with Crippen molar-refractivity contribution in [3.05, 3.63) is 57.4 Å². The molecule has 2 heterocycles. The molecule has 0 aromatic heterocycles. The van der Waals surface area contributed by atoms with Crippen LogP contribution in [-0.4, -0.2) is 53.9 Å². The lowest BCUT2D eigenvalue weighted by molar-refractivity contribution is -0.0685. The number of nitrogens with zero attached hydrogens (tertiary/aromatic N) is 2. The summed E-state index contributed by atoms with van der Waals surface area (Å²) >= 11 is 6.64. The summed E-state index contributed by atoms with van der Waals surface area (Å²) < 4.78 is 38.4. The number of benzene rings is 2. The molecule has 11 nitrogen and oxygen atoms in total. The Morgan fingerprint density at radius 1 is 1.19 bits per heavy atom. The Balaban J connectivity index is 1.59. The minimum atomic E-state index is -1.54. The summed E-state index contributed by atoms with van der Waals surface area (Å²) in [6.07, 6.45) is -0.542. The minimum absolute atomic E-state index is 0.0392. The molecule has 1 saturated heterocycles. The number of nitriles is 1. The van der Waals surface area contributed by atoms with E-state index in [9.17, 15) is 19.6 Å². The van der Waals surface area contributed by atoms with Crippen molar-refractivity contribution in [2.24, 2.45) is 0 Å². The van der Waals surface area contributed by atoms with Crippen molar-refractivity contribution >= 4 is 29.5 Å². The van der Waals surface area contributed by atoms with E-state index in [2.05, 4.69) is 10.9 Å². The molecule has 0 radical (unpaired) electrons. The molecule has 2 aliphatic heterocycles. The van der Waals surface area contributed by atoms with Crippen molar-refractivity contribution in [1.82, 2.24) is 15.8 Å². The second kappa shape index (κ2) is 11.7.